The van der Waals surface area contributed by atoms with Crippen molar-refractivity contribution in [1.82, 2.24) is 9.97 Å². The van der Waals surface area contributed by atoms with E-state index in [0.29, 0.717) is 38.8 Å². The number of hydrogen-bond donors (Lipinski definition) is 0. The minimum atomic E-state index is -1.01. The molecule has 0 fully saturated rings. The fourth-order valence-corrected chi connectivity index (χ4v) is 6.08. The monoisotopic (exact) mass is 535 g/mol. The Morgan fingerprint density at radius 2 is 1.27 bits per heavy atom. The second-order valence-electron chi connectivity index (χ2n) is 10.00. The van der Waals surface area contributed by atoms with E-state index in [1.807, 2.05) is 48.5 Å². The van der Waals surface area contributed by atoms with E-state index in [0.717, 1.165) is 5.39 Å². The number of ether oxygens (including phenoxy) is 1. The van der Waals surface area contributed by atoms with Gasteiger partial charge in [-0.2, -0.15) is 0 Å². The Morgan fingerprint density at radius 3 is 2.00 bits per heavy atom. The predicted molar refractivity (Wildman–Crippen MR) is 152 cm³/mol. The number of benzene rings is 5. The average molecular weight is 536 g/mol. The van der Waals surface area contributed by atoms with Crippen molar-refractivity contribution in [3.8, 4) is 5.75 Å². The van der Waals surface area contributed by atoms with Crippen LogP contribution < -0.4 is 4.74 Å². The zero-order valence-corrected chi connectivity index (χ0v) is 21.2. The van der Waals surface area contributed by atoms with Crippen LogP contribution in [0.15, 0.2) is 108 Å². The molecule has 8 rings (SSSR count). The van der Waals surface area contributed by atoms with Crippen LogP contribution in [0.4, 0.5) is 5.69 Å². The molecule has 0 spiro atoms. The minimum Gasteiger partial charge on any atom is -0.452 e. The lowest BCUT2D eigenvalue weighted by atomic mass is 9.73. The zero-order valence-electron chi connectivity index (χ0n) is 21.2. The largest absolute Gasteiger partial charge is 0.452 e. The Morgan fingerprint density at radius 1 is 0.683 bits per heavy atom. The number of carbonyl (C=O) groups excluding carboxylic acids is 2. The summed E-state index contributed by atoms with van der Waals surface area (Å²) < 4.78 is 6.43. The molecular formula is C33H17N3O5. The normalized spacial score (nSPS) is 16.0. The lowest BCUT2D eigenvalue weighted by Gasteiger charge is -2.33. The van der Waals surface area contributed by atoms with Gasteiger partial charge in [0.05, 0.1) is 38.5 Å². The Kier molecular flexibility index (Phi) is 4.73. The number of para-hydroxylation sites is 3. The number of nitrogens with zero attached hydrogens (tertiary/aromatic N) is 3. The Bertz CT molecular complexity index is 2220. The van der Waals surface area contributed by atoms with Crippen LogP contribution in [-0.4, -0.2) is 26.5 Å². The van der Waals surface area contributed by atoms with Gasteiger partial charge in [0.25, 0.3) is 5.69 Å². The molecule has 0 saturated heterocycles. The van der Waals surface area contributed by atoms with Crippen molar-refractivity contribution in [2.45, 2.75) is 5.92 Å². The molecule has 2 heterocycles. The summed E-state index contributed by atoms with van der Waals surface area (Å²) in [5.74, 6) is -1.66. The van der Waals surface area contributed by atoms with Gasteiger partial charge in [0.2, 0.25) is 5.78 Å². The molecule has 0 amide bonds. The molecule has 8 heteroatoms. The van der Waals surface area contributed by atoms with Gasteiger partial charge in [0, 0.05) is 39.1 Å². The lowest BCUT2D eigenvalue weighted by molar-refractivity contribution is -0.385. The smallest absolute Gasteiger partial charge is 0.273 e. The third-order valence-electron chi connectivity index (χ3n) is 7.83. The van der Waals surface area contributed by atoms with Gasteiger partial charge in [-0.25, -0.2) is 9.97 Å². The van der Waals surface area contributed by atoms with Crippen molar-refractivity contribution in [2.24, 2.45) is 0 Å². The van der Waals surface area contributed by atoms with Crippen LogP contribution in [0.3, 0.4) is 0 Å². The topological polar surface area (TPSA) is 112 Å². The Hall–Kier alpha value is -5.76. The number of rotatable bonds is 2. The lowest BCUT2D eigenvalue weighted by Crippen LogP contribution is -2.32. The van der Waals surface area contributed by atoms with E-state index in [2.05, 4.69) is 0 Å². The summed E-state index contributed by atoms with van der Waals surface area (Å²) in [4.78, 5) is 49.8. The van der Waals surface area contributed by atoms with E-state index in [1.165, 1.54) is 6.07 Å². The number of carbonyl (C=O) groups is 2. The number of nitro benzene ring substituents is 1. The maximum atomic E-state index is 14.2. The number of ketones is 2. The van der Waals surface area contributed by atoms with Crippen LogP contribution >= 0.6 is 0 Å². The van der Waals surface area contributed by atoms with Crippen molar-refractivity contribution in [3.63, 3.8) is 0 Å². The molecule has 6 aromatic rings. The first-order valence-corrected chi connectivity index (χ1v) is 13.0. The highest BCUT2D eigenvalue weighted by Crippen LogP contribution is 2.53. The number of nitro groups is 1. The average Bonchev–Trinajstić information content (AvgIpc) is 3.02. The highest BCUT2D eigenvalue weighted by atomic mass is 16.6. The SMILES string of the molecule is O=C1C2=C(C(=O)c3ccccc31)C(c1ccccc1[N+](=O)[O-])c1c(c3ccccc3c3nc4ccccc4nc13)O2. The number of aromatic nitrogens is 2. The molecular weight excluding hydrogens is 518 g/mol. The summed E-state index contributed by atoms with van der Waals surface area (Å²) in [6.07, 6.45) is 0. The van der Waals surface area contributed by atoms with Crippen molar-refractivity contribution in [3.05, 3.63) is 141 Å². The summed E-state index contributed by atoms with van der Waals surface area (Å²) in [5, 5.41) is 13.7. The van der Waals surface area contributed by atoms with E-state index in [9.17, 15) is 19.7 Å². The molecule has 1 aliphatic carbocycles. The Labute approximate surface area is 231 Å². The highest BCUT2D eigenvalue weighted by Gasteiger charge is 2.46. The highest BCUT2D eigenvalue weighted by molar-refractivity contribution is 6.28. The summed E-state index contributed by atoms with van der Waals surface area (Å²) >= 11 is 0. The van der Waals surface area contributed by atoms with Crippen molar-refractivity contribution in [1.29, 1.82) is 0 Å². The number of allylic oxidation sites excluding steroid dienone is 2. The van der Waals surface area contributed by atoms with Crippen LogP contribution in [0.1, 0.15) is 37.8 Å². The van der Waals surface area contributed by atoms with E-state index < -0.39 is 22.4 Å². The standard InChI is InChI=1S/C33H17N3O5/c37-30-18-10-2-3-11-19(18)31(38)33-27(30)25(21-13-5-8-16-24(21)36(39)40)26-29-28(34-22-14-6-7-15-23(22)35-29)17-9-1-4-12-20(17)32(26)41-33/h1-16,25H. The van der Waals surface area contributed by atoms with Crippen LogP contribution in [0.5, 0.6) is 5.75 Å². The van der Waals surface area contributed by atoms with Gasteiger partial charge in [-0.15, -0.1) is 0 Å². The predicted octanol–water partition coefficient (Wildman–Crippen LogP) is 6.70. The van der Waals surface area contributed by atoms with Crippen LogP contribution in [0.25, 0.3) is 32.8 Å². The second-order valence-corrected chi connectivity index (χ2v) is 10.00. The molecule has 8 nitrogen and oxygen atoms in total. The maximum Gasteiger partial charge on any atom is 0.273 e. The number of hydrogen-bond acceptors (Lipinski definition) is 7. The molecule has 1 unspecified atom stereocenters. The number of Topliss-reactive ketones (excluding diaryl/α,β-unsaturated/α-hetero) is 2. The van der Waals surface area contributed by atoms with Crippen molar-refractivity contribution in [2.75, 3.05) is 0 Å². The van der Waals surface area contributed by atoms with Gasteiger partial charge < -0.3 is 4.74 Å². The summed E-state index contributed by atoms with van der Waals surface area (Å²) in [6, 6.07) is 27.8. The van der Waals surface area contributed by atoms with E-state index >= 15 is 0 Å². The van der Waals surface area contributed by atoms with Gasteiger partial charge >= 0.3 is 0 Å². The summed E-state index contributed by atoms with van der Waals surface area (Å²) in [5.41, 5.74) is 3.40. The third kappa shape index (κ3) is 3.15. The molecule has 41 heavy (non-hydrogen) atoms. The van der Waals surface area contributed by atoms with Crippen LogP contribution in [0, 0.1) is 10.1 Å². The Balaban J connectivity index is 1.57. The fourth-order valence-electron chi connectivity index (χ4n) is 6.08. The summed E-state index contributed by atoms with van der Waals surface area (Å²) in [6.45, 7) is 0. The quantitative estimate of drug-likeness (QED) is 0.105. The molecule has 0 radical (unpaired) electrons. The first-order valence-electron chi connectivity index (χ1n) is 13.0. The summed E-state index contributed by atoms with van der Waals surface area (Å²) in [7, 11) is 0. The minimum absolute atomic E-state index is 0.0574. The van der Waals surface area contributed by atoms with Crippen LogP contribution in [0.2, 0.25) is 0 Å². The van der Waals surface area contributed by atoms with Gasteiger partial charge in [-0.1, -0.05) is 78.9 Å². The first-order chi connectivity index (χ1) is 20.0. The van der Waals surface area contributed by atoms with E-state index in [1.54, 1.807) is 42.5 Å². The van der Waals surface area contributed by atoms with Crippen molar-refractivity contribution >= 4 is 50.1 Å². The van der Waals surface area contributed by atoms with Gasteiger partial charge in [0.15, 0.2) is 11.5 Å². The fraction of sp³-hybridized carbons (Fsp3) is 0.0303. The second kappa shape index (κ2) is 8.37. The third-order valence-corrected chi connectivity index (χ3v) is 7.83. The molecule has 2 aliphatic rings. The van der Waals surface area contributed by atoms with E-state index in [4.69, 9.17) is 14.7 Å². The zero-order chi connectivity index (χ0) is 27.8. The van der Waals surface area contributed by atoms with Gasteiger partial charge in [-0.3, -0.25) is 19.7 Å². The molecule has 0 saturated carbocycles. The molecule has 0 N–H and O–H groups in total. The van der Waals surface area contributed by atoms with Gasteiger partial charge in [0.1, 0.15) is 5.75 Å². The molecule has 1 aromatic heterocycles. The number of fused-ring (bicyclic) bond motifs is 8. The maximum absolute atomic E-state index is 14.2. The van der Waals surface area contributed by atoms with Crippen LogP contribution in [-0.2, 0) is 0 Å². The molecule has 1 aliphatic heterocycles. The van der Waals surface area contributed by atoms with E-state index in [-0.39, 0.29) is 33.7 Å². The van der Waals surface area contributed by atoms with Gasteiger partial charge in [-0.05, 0) is 12.1 Å². The van der Waals surface area contributed by atoms with Crippen molar-refractivity contribution < 1.29 is 19.2 Å². The molecule has 1 atom stereocenters. The molecule has 0 bridgehead atoms. The first kappa shape index (κ1) is 23.2. The molecule has 194 valence electrons. The molecule has 5 aromatic carbocycles.